The molecule has 0 radical (unpaired) electrons. The van der Waals surface area contributed by atoms with Crippen molar-refractivity contribution in [3.05, 3.63) is 0 Å². The molecule has 0 aromatic heterocycles. The van der Waals surface area contributed by atoms with Crippen LogP contribution in [0.25, 0.3) is 0 Å². The molecule has 13 heteroatoms. The Balaban J connectivity index is 3.92. The SMILES string of the molecule is COC(=O)C1(CSC(C)(C)C)C(O)(O)C(O)(O)C(O)(O)C(O)(O)C1(O)O. The van der Waals surface area contributed by atoms with Gasteiger partial charge in [0, 0.05) is 10.5 Å². The first-order valence-corrected chi connectivity index (χ1v) is 8.13. The lowest BCUT2D eigenvalue weighted by Gasteiger charge is -2.63. The van der Waals surface area contributed by atoms with E-state index in [0.717, 1.165) is 0 Å². The quantitative estimate of drug-likeness (QED) is 0.157. The highest BCUT2D eigenvalue weighted by Gasteiger charge is 2.93. The molecule has 0 aromatic rings. The zero-order valence-electron chi connectivity index (χ0n) is 14.4. The fourth-order valence-corrected chi connectivity index (χ4v) is 3.78. The molecule has 1 fully saturated rings. The van der Waals surface area contributed by atoms with Crippen LogP contribution in [0.4, 0.5) is 0 Å². The van der Waals surface area contributed by atoms with Crippen LogP contribution < -0.4 is 0 Å². The molecule has 0 spiro atoms. The van der Waals surface area contributed by atoms with Gasteiger partial charge in [-0.15, -0.1) is 0 Å². The maximum Gasteiger partial charge on any atom is 0.324 e. The van der Waals surface area contributed by atoms with Crippen molar-refractivity contribution in [1.29, 1.82) is 0 Å². The van der Waals surface area contributed by atoms with E-state index in [4.69, 9.17) is 0 Å². The van der Waals surface area contributed by atoms with Crippen molar-refractivity contribution in [2.75, 3.05) is 12.9 Å². The lowest BCUT2D eigenvalue weighted by atomic mass is 9.58. The number of ether oxygens (including phenoxy) is 1. The average Bonchev–Trinajstić information content (AvgIpc) is 2.43. The summed E-state index contributed by atoms with van der Waals surface area (Å²) in [6.07, 6.45) is 0. The summed E-state index contributed by atoms with van der Waals surface area (Å²) < 4.78 is 3.48. The first-order chi connectivity index (χ1) is 11.2. The lowest BCUT2D eigenvalue weighted by molar-refractivity contribution is -0.600. The monoisotopic (exact) mass is 404 g/mol. The smallest absolute Gasteiger partial charge is 0.324 e. The van der Waals surface area contributed by atoms with E-state index >= 15 is 0 Å². The second-order valence-corrected chi connectivity index (χ2v) is 8.96. The Bertz CT molecular complexity index is 544. The van der Waals surface area contributed by atoms with Gasteiger partial charge in [-0.05, 0) is 0 Å². The van der Waals surface area contributed by atoms with Crippen molar-refractivity contribution in [2.45, 2.75) is 54.5 Å². The van der Waals surface area contributed by atoms with E-state index in [1.54, 1.807) is 20.8 Å². The molecule has 0 saturated heterocycles. The van der Waals surface area contributed by atoms with Crippen molar-refractivity contribution < 1.29 is 60.6 Å². The van der Waals surface area contributed by atoms with Crippen molar-refractivity contribution in [2.24, 2.45) is 5.41 Å². The summed E-state index contributed by atoms with van der Waals surface area (Å²) in [4.78, 5) is 12.3. The number of rotatable bonds is 3. The third-order valence-corrected chi connectivity index (χ3v) is 5.83. The standard InChI is InChI=1S/C13H24O12S/c1-7(2,3)26-5-8(6(14)25-4)9(15,16)11(19,20)13(23,24)12(21,22)10(8,17)18/h15-24H,5H2,1-4H3. The van der Waals surface area contributed by atoms with Crippen molar-refractivity contribution in [3.8, 4) is 0 Å². The van der Waals surface area contributed by atoms with E-state index in [1.165, 1.54) is 0 Å². The van der Waals surface area contributed by atoms with Gasteiger partial charge in [0.25, 0.3) is 17.4 Å². The minimum Gasteiger partial charge on any atom is -0.468 e. The third-order valence-electron chi connectivity index (χ3n) is 4.39. The van der Waals surface area contributed by atoms with E-state index in [9.17, 15) is 55.9 Å². The molecule has 0 aromatic carbocycles. The Morgan fingerprint density at radius 2 is 1.08 bits per heavy atom. The third kappa shape index (κ3) is 2.51. The molecule has 10 N–H and O–H groups in total. The molecular weight excluding hydrogens is 380 g/mol. The summed E-state index contributed by atoms with van der Waals surface area (Å²) in [6, 6.07) is 0. The van der Waals surface area contributed by atoms with Crippen molar-refractivity contribution >= 4 is 17.7 Å². The average molecular weight is 404 g/mol. The van der Waals surface area contributed by atoms with E-state index in [1.807, 2.05) is 0 Å². The van der Waals surface area contributed by atoms with Gasteiger partial charge in [0.05, 0.1) is 7.11 Å². The van der Waals surface area contributed by atoms with E-state index < -0.39 is 50.8 Å². The van der Waals surface area contributed by atoms with Crippen molar-refractivity contribution in [3.63, 3.8) is 0 Å². The Kier molecular flexibility index (Phi) is 5.37. The molecule has 0 amide bonds. The summed E-state index contributed by atoms with van der Waals surface area (Å²) in [6.45, 7) is 4.66. The molecule has 0 bridgehead atoms. The number of methoxy groups -OCH3 is 1. The molecule has 1 saturated carbocycles. The van der Waals surface area contributed by atoms with Crippen LogP contribution >= 0.6 is 11.8 Å². The molecule has 26 heavy (non-hydrogen) atoms. The molecule has 154 valence electrons. The van der Waals surface area contributed by atoms with Gasteiger partial charge in [-0.1, -0.05) is 20.8 Å². The maximum atomic E-state index is 12.3. The van der Waals surface area contributed by atoms with Crippen LogP contribution in [0, 0.1) is 5.41 Å². The van der Waals surface area contributed by atoms with Gasteiger partial charge < -0.3 is 55.8 Å². The van der Waals surface area contributed by atoms with Crippen LogP contribution in [0.5, 0.6) is 0 Å². The van der Waals surface area contributed by atoms with Gasteiger partial charge in [-0.2, -0.15) is 11.8 Å². The van der Waals surface area contributed by atoms with Crippen LogP contribution in [0.15, 0.2) is 0 Å². The summed E-state index contributed by atoms with van der Waals surface area (Å²) in [5, 5.41) is 100. The molecule has 12 nitrogen and oxygen atoms in total. The first kappa shape index (κ1) is 23.5. The number of hydrogen-bond donors (Lipinski definition) is 10. The number of esters is 1. The largest absolute Gasteiger partial charge is 0.468 e. The molecule has 1 aliphatic rings. The summed E-state index contributed by atoms with van der Waals surface area (Å²) in [5.74, 6) is -26.0. The Hall–Kier alpha value is -0.580. The number of carbonyl (C=O) groups excluding carboxylic acids is 1. The van der Waals surface area contributed by atoms with Gasteiger partial charge in [-0.3, -0.25) is 4.79 Å². The molecule has 1 rings (SSSR count). The van der Waals surface area contributed by atoms with Crippen LogP contribution in [0.1, 0.15) is 20.8 Å². The fourth-order valence-electron chi connectivity index (χ4n) is 2.61. The predicted molar refractivity (Wildman–Crippen MR) is 82.5 cm³/mol. The van der Waals surface area contributed by atoms with Crippen LogP contribution in [-0.2, 0) is 9.53 Å². The number of aliphatic hydroxyl groups is 10. The zero-order valence-corrected chi connectivity index (χ0v) is 15.2. The maximum absolute atomic E-state index is 12.3. The normalized spacial score (nSPS) is 27.6. The van der Waals surface area contributed by atoms with Gasteiger partial charge in [0.1, 0.15) is 0 Å². The molecule has 0 heterocycles. The van der Waals surface area contributed by atoms with E-state index in [-0.39, 0.29) is 0 Å². The van der Waals surface area contributed by atoms with Gasteiger partial charge in [0.2, 0.25) is 11.6 Å². The highest BCUT2D eigenvalue weighted by Crippen LogP contribution is 2.60. The Morgan fingerprint density at radius 1 is 0.769 bits per heavy atom. The van der Waals surface area contributed by atoms with Crippen LogP contribution in [0.3, 0.4) is 0 Å². The van der Waals surface area contributed by atoms with Crippen LogP contribution in [-0.4, -0.2) is 104 Å². The van der Waals surface area contributed by atoms with Gasteiger partial charge in [-0.25, -0.2) is 0 Å². The van der Waals surface area contributed by atoms with Gasteiger partial charge >= 0.3 is 5.97 Å². The summed E-state index contributed by atoms with van der Waals surface area (Å²) in [5.41, 5.74) is -3.69. The topological polar surface area (TPSA) is 229 Å². The van der Waals surface area contributed by atoms with E-state index in [2.05, 4.69) is 4.74 Å². The van der Waals surface area contributed by atoms with Crippen LogP contribution in [0.2, 0.25) is 0 Å². The fraction of sp³-hybridized carbons (Fsp3) is 0.923. The number of carbonyl (C=O) groups is 1. The molecule has 0 atom stereocenters. The summed E-state index contributed by atoms with van der Waals surface area (Å²) in [7, 11) is 0.657. The minimum absolute atomic E-state index is 0.640. The molecular formula is C13H24O12S. The number of hydrogen-bond acceptors (Lipinski definition) is 13. The van der Waals surface area contributed by atoms with Crippen molar-refractivity contribution in [1.82, 2.24) is 0 Å². The minimum atomic E-state index is -4.74. The molecule has 0 unspecified atom stereocenters. The Labute approximate surface area is 151 Å². The first-order valence-electron chi connectivity index (χ1n) is 7.15. The highest BCUT2D eigenvalue weighted by atomic mass is 32.2. The second kappa shape index (κ2) is 5.96. The zero-order chi connectivity index (χ0) is 21.2. The lowest BCUT2D eigenvalue weighted by Crippen LogP contribution is -2.95. The Morgan fingerprint density at radius 3 is 1.35 bits per heavy atom. The molecule has 1 aliphatic carbocycles. The summed E-state index contributed by atoms with van der Waals surface area (Å²) >= 11 is 0.640. The number of thioether (sulfide) groups is 1. The molecule has 0 aliphatic heterocycles. The van der Waals surface area contributed by atoms with E-state index in [0.29, 0.717) is 18.9 Å². The second-order valence-electron chi connectivity index (χ2n) is 7.16. The van der Waals surface area contributed by atoms with Gasteiger partial charge in [0.15, 0.2) is 5.41 Å². The predicted octanol–water partition coefficient (Wildman–Crippen LogP) is -4.90. The highest BCUT2D eigenvalue weighted by molar-refractivity contribution is 8.00.